The molecule has 6 heteroatoms. The number of aryl methyl sites for hydroxylation is 2. The first-order chi connectivity index (χ1) is 10.1. The van der Waals surface area contributed by atoms with Crippen LogP contribution in [0.2, 0.25) is 0 Å². The van der Waals surface area contributed by atoms with E-state index < -0.39 is 0 Å². The Morgan fingerprint density at radius 3 is 2.86 bits per heavy atom. The predicted molar refractivity (Wildman–Crippen MR) is 92.5 cm³/mol. The number of benzene rings is 1. The summed E-state index contributed by atoms with van der Waals surface area (Å²) in [5.41, 5.74) is 3.18. The Morgan fingerprint density at radius 1 is 1.38 bits per heavy atom. The van der Waals surface area contributed by atoms with E-state index in [0.717, 1.165) is 38.5 Å². The number of thiazole rings is 1. The van der Waals surface area contributed by atoms with Crippen LogP contribution in [-0.4, -0.2) is 20.4 Å². The standard InChI is InChI=1S/C15H15BrClN3S/c1-9-8-21-15(18-9)10(2)20-13-4-3-11(16)7-12(13)19-14(20)5-6-17/h3-4,7-8,10H,5-6H2,1-2H3. The summed E-state index contributed by atoms with van der Waals surface area (Å²) in [7, 11) is 0. The van der Waals surface area contributed by atoms with Gasteiger partial charge in [0.15, 0.2) is 0 Å². The number of nitrogens with zero attached hydrogens (tertiary/aromatic N) is 3. The highest BCUT2D eigenvalue weighted by Crippen LogP contribution is 2.29. The van der Waals surface area contributed by atoms with Gasteiger partial charge in [0.2, 0.25) is 0 Å². The molecule has 3 nitrogen and oxygen atoms in total. The van der Waals surface area contributed by atoms with E-state index in [0.29, 0.717) is 5.88 Å². The largest absolute Gasteiger partial charge is 0.318 e. The molecule has 0 spiro atoms. The van der Waals surface area contributed by atoms with Crippen molar-refractivity contribution in [1.29, 1.82) is 0 Å². The monoisotopic (exact) mass is 383 g/mol. The predicted octanol–water partition coefficient (Wildman–Crippen LogP) is 4.95. The van der Waals surface area contributed by atoms with E-state index >= 15 is 0 Å². The van der Waals surface area contributed by atoms with Crippen LogP contribution in [0.4, 0.5) is 0 Å². The summed E-state index contributed by atoms with van der Waals surface area (Å²) in [5.74, 6) is 1.58. The Bertz CT molecular complexity index is 780. The van der Waals surface area contributed by atoms with Gasteiger partial charge in [0.1, 0.15) is 10.8 Å². The van der Waals surface area contributed by atoms with Crippen molar-refractivity contribution in [2.24, 2.45) is 0 Å². The number of hydrogen-bond donors (Lipinski definition) is 0. The van der Waals surface area contributed by atoms with E-state index in [-0.39, 0.29) is 6.04 Å². The van der Waals surface area contributed by atoms with Crippen molar-refractivity contribution in [3.63, 3.8) is 0 Å². The molecule has 1 atom stereocenters. The summed E-state index contributed by atoms with van der Waals surface area (Å²) < 4.78 is 3.29. The molecule has 1 unspecified atom stereocenters. The molecule has 0 fully saturated rings. The topological polar surface area (TPSA) is 30.7 Å². The SMILES string of the molecule is Cc1csc(C(C)n2c(CCCl)nc3cc(Br)ccc32)n1. The quantitative estimate of drug-likeness (QED) is 0.596. The zero-order valence-corrected chi connectivity index (χ0v) is 15.0. The smallest absolute Gasteiger partial charge is 0.116 e. The molecule has 2 heterocycles. The van der Waals surface area contributed by atoms with Crippen LogP contribution in [0.5, 0.6) is 0 Å². The minimum Gasteiger partial charge on any atom is -0.318 e. The summed E-state index contributed by atoms with van der Waals surface area (Å²) in [6.45, 7) is 4.19. The van der Waals surface area contributed by atoms with Gasteiger partial charge in [-0.25, -0.2) is 9.97 Å². The van der Waals surface area contributed by atoms with Crippen LogP contribution in [0.1, 0.15) is 29.5 Å². The molecule has 0 N–H and O–H groups in total. The third kappa shape index (κ3) is 2.87. The van der Waals surface area contributed by atoms with Crippen LogP contribution in [0.25, 0.3) is 11.0 Å². The number of alkyl halides is 1. The lowest BCUT2D eigenvalue weighted by atomic mass is 10.2. The third-order valence-electron chi connectivity index (χ3n) is 3.42. The Labute approximate surface area is 141 Å². The first kappa shape index (κ1) is 15.0. The molecule has 0 saturated carbocycles. The first-order valence-corrected chi connectivity index (χ1v) is 8.95. The molecule has 0 saturated heterocycles. The van der Waals surface area contributed by atoms with E-state index in [9.17, 15) is 0 Å². The lowest BCUT2D eigenvalue weighted by Gasteiger charge is -2.15. The van der Waals surface area contributed by atoms with Crippen molar-refractivity contribution in [3.05, 3.63) is 44.6 Å². The van der Waals surface area contributed by atoms with Crippen LogP contribution in [0, 0.1) is 6.92 Å². The van der Waals surface area contributed by atoms with Crippen LogP contribution >= 0.6 is 38.9 Å². The third-order valence-corrected chi connectivity index (χ3v) is 5.24. The molecule has 3 rings (SSSR count). The van der Waals surface area contributed by atoms with Crippen LogP contribution in [0.15, 0.2) is 28.1 Å². The number of hydrogen-bond acceptors (Lipinski definition) is 3. The Kier molecular flexibility index (Phi) is 4.33. The summed E-state index contributed by atoms with van der Waals surface area (Å²) >= 11 is 11.1. The Morgan fingerprint density at radius 2 is 2.19 bits per heavy atom. The van der Waals surface area contributed by atoms with Crippen molar-refractivity contribution in [2.45, 2.75) is 26.3 Å². The van der Waals surface area contributed by atoms with E-state index in [1.807, 2.05) is 19.1 Å². The maximum atomic E-state index is 5.95. The molecule has 0 aliphatic heterocycles. The second-order valence-corrected chi connectivity index (χ2v) is 7.16. The molecule has 2 aromatic heterocycles. The van der Waals surface area contributed by atoms with Gasteiger partial charge in [-0.1, -0.05) is 15.9 Å². The summed E-state index contributed by atoms with van der Waals surface area (Å²) in [6.07, 6.45) is 0.753. The van der Waals surface area contributed by atoms with Crippen molar-refractivity contribution in [2.75, 3.05) is 5.88 Å². The van der Waals surface area contributed by atoms with Gasteiger partial charge in [-0.15, -0.1) is 22.9 Å². The Hall–Kier alpha value is -0.910. The summed E-state index contributed by atoms with van der Waals surface area (Å²) in [6, 6.07) is 6.35. The van der Waals surface area contributed by atoms with Crippen LogP contribution in [0.3, 0.4) is 0 Å². The van der Waals surface area contributed by atoms with Gasteiger partial charge in [0.05, 0.1) is 17.1 Å². The molecule has 0 aliphatic carbocycles. The Balaban J connectivity index is 2.16. The molecule has 110 valence electrons. The molecule has 0 aliphatic rings. The highest BCUT2D eigenvalue weighted by molar-refractivity contribution is 9.10. The highest BCUT2D eigenvalue weighted by atomic mass is 79.9. The van der Waals surface area contributed by atoms with Gasteiger partial charge >= 0.3 is 0 Å². The van der Waals surface area contributed by atoms with E-state index in [2.05, 4.69) is 43.9 Å². The highest BCUT2D eigenvalue weighted by Gasteiger charge is 2.19. The normalized spacial score (nSPS) is 13.0. The minimum atomic E-state index is 0.160. The molecule has 0 radical (unpaired) electrons. The molecule has 1 aromatic carbocycles. The van der Waals surface area contributed by atoms with Gasteiger partial charge in [0, 0.05) is 27.8 Å². The van der Waals surface area contributed by atoms with E-state index in [1.54, 1.807) is 11.3 Å². The lowest BCUT2D eigenvalue weighted by Crippen LogP contribution is -2.11. The molecule has 21 heavy (non-hydrogen) atoms. The van der Waals surface area contributed by atoms with Gasteiger partial charge in [-0.2, -0.15) is 0 Å². The maximum Gasteiger partial charge on any atom is 0.116 e. The number of fused-ring (bicyclic) bond motifs is 1. The molecule has 0 bridgehead atoms. The van der Waals surface area contributed by atoms with Crippen LogP contribution in [-0.2, 0) is 6.42 Å². The van der Waals surface area contributed by atoms with Crippen molar-refractivity contribution < 1.29 is 0 Å². The van der Waals surface area contributed by atoms with Gasteiger partial charge in [0.25, 0.3) is 0 Å². The molecule has 0 amide bonds. The number of halogens is 2. The number of aromatic nitrogens is 3. The zero-order valence-electron chi connectivity index (χ0n) is 11.8. The summed E-state index contributed by atoms with van der Waals surface area (Å²) in [5, 5.41) is 3.19. The second kappa shape index (κ2) is 6.07. The first-order valence-electron chi connectivity index (χ1n) is 6.74. The van der Waals surface area contributed by atoms with Gasteiger partial charge in [-0.3, -0.25) is 0 Å². The number of rotatable bonds is 4. The average Bonchev–Trinajstić information content (AvgIpc) is 3.01. The maximum absolute atomic E-state index is 5.95. The molecular weight excluding hydrogens is 370 g/mol. The summed E-state index contributed by atoms with van der Waals surface area (Å²) in [4.78, 5) is 9.36. The molecular formula is C15H15BrClN3S. The van der Waals surface area contributed by atoms with Crippen molar-refractivity contribution in [3.8, 4) is 0 Å². The zero-order chi connectivity index (χ0) is 15.0. The fourth-order valence-corrected chi connectivity index (χ4v) is 3.85. The fourth-order valence-electron chi connectivity index (χ4n) is 2.49. The fraction of sp³-hybridized carbons (Fsp3) is 0.333. The van der Waals surface area contributed by atoms with Crippen molar-refractivity contribution >= 4 is 49.9 Å². The lowest BCUT2D eigenvalue weighted by molar-refractivity contribution is 0.619. The van der Waals surface area contributed by atoms with Gasteiger partial charge < -0.3 is 4.57 Å². The van der Waals surface area contributed by atoms with Crippen molar-refractivity contribution in [1.82, 2.24) is 14.5 Å². The van der Waals surface area contributed by atoms with Crippen LogP contribution < -0.4 is 0 Å². The second-order valence-electron chi connectivity index (χ2n) is 4.97. The van der Waals surface area contributed by atoms with Gasteiger partial charge in [-0.05, 0) is 32.0 Å². The van der Waals surface area contributed by atoms with E-state index in [4.69, 9.17) is 16.6 Å². The minimum absolute atomic E-state index is 0.160. The molecule has 3 aromatic rings. The van der Waals surface area contributed by atoms with E-state index in [1.165, 1.54) is 0 Å². The average molecular weight is 385 g/mol. The number of imidazole rings is 1.